The Morgan fingerprint density at radius 1 is 1.25 bits per heavy atom. The van der Waals surface area contributed by atoms with Crippen LogP contribution in [0.4, 0.5) is 0 Å². The second kappa shape index (κ2) is 9.08. The number of hydrogen-bond acceptors (Lipinski definition) is 4. The molecule has 2 rings (SSSR count). The summed E-state index contributed by atoms with van der Waals surface area (Å²) in [4.78, 5) is 26.8. The Morgan fingerprint density at radius 2 is 1.88 bits per heavy atom. The van der Waals surface area contributed by atoms with E-state index in [1.54, 1.807) is 11.8 Å². The lowest BCUT2D eigenvalue weighted by molar-refractivity contribution is -0.123. The van der Waals surface area contributed by atoms with E-state index >= 15 is 0 Å². The molecule has 1 aliphatic rings. The number of carbonyl (C=O) groups excluding carboxylic acids is 2. The van der Waals surface area contributed by atoms with Crippen molar-refractivity contribution in [1.29, 1.82) is 0 Å². The van der Waals surface area contributed by atoms with Crippen molar-refractivity contribution in [2.24, 2.45) is 11.7 Å². The molecule has 1 heterocycles. The molecule has 3 N–H and O–H groups in total. The predicted octanol–water partition coefficient (Wildman–Crippen LogP) is 1.87. The molecule has 0 aromatic heterocycles. The fourth-order valence-corrected chi connectivity index (χ4v) is 3.93. The first-order valence-corrected chi connectivity index (χ1v) is 9.36. The largest absolute Gasteiger partial charge is 0.369 e. The maximum absolute atomic E-state index is 12.7. The van der Waals surface area contributed by atoms with Crippen LogP contribution in [0, 0.1) is 5.92 Å². The van der Waals surface area contributed by atoms with Crippen LogP contribution < -0.4 is 11.1 Å². The highest BCUT2D eigenvalue weighted by Crippen LogP contribution is 2.28. The van der Waals surface area contributed by atoms with E-state index in [-0.39, 0.29) is 29.0 Å². The Morgan fingerprint density at radius 3 is 2.42 bits per heavy atom. The lowest BCUT2D eigenvalue weighted by Crippen LogP contribution is -2.49. The van der Waals surface area contributed by atoms with Crippen LogP contribution in [0.25, 0.3) is 0 Å². The van der Waals surface area contributed by atoms with Crippen molar-refractivity contribution < 1.29 is 9.59 Å². The minimum atomic E-state index is -0.295. The first kappa shape index (κ1) is 18.8. The van der Waals surface area contributed by atoms with Crippen molar-refractivity contribution in [3.05, 3.63) is 30.3 Å². The van der Waals surface area contributed by atoms with E-state index in [4.69, 9.17) is 5.73 Å². The van der Waals surface area contributed by atoms with Crippen molar-refractivity contribution in [3.8, 4) is 0 Å². The zero-order chi connectivity index (χ0) is 17.5. The number of thioether (sulfide) groups is 1. The number of rotatable bonds is 7. The first-order valence-electron chi connectivity index (χ1n) is 8.48. The molecular weight excluding hydrogens is 322 g/mol. The van der Waals surface area contributed by atoms with E-state index in [1.807, 2.05) is 35.2 Å². The molecule has 132 valence electrons. The van der Waals surface area contributed by atoms with Crippen molar-refractivity contribution in [2.75, 3.05) is 19.6 Å². The Bertz CT molecular complexity index is 542. The second-order valence-electron chi connectivity index (χ2n) is 6.62. The zero-order valence-corrected chi connectivity index (χ0v) is 15.2. The maximum atomic E-state index is 12.7. The number of carbonyl (C=O) groups is 2. The monoisotopic (exact) mass is 349 g/mol. The lowest BCUT2D eigenvalue weighted by atomic mass is 10.0. The molecule has 0 spiro atoms. The summed E-state index contributed by atoms with van der Waals surface area (Å²) in [5.41, 5.74) is 5.23. The number of benzene rings is 1. The van der Waals surface area contributed by atoms with Gasteiger partial charge in [0.1, 0.15) is 0 Å². The van der Waals surface area contributed by atoms with Gasteiger partial charge in [-0.05, 0) is 30.9 Å². The maximum Gasteiger partial charge on any atom is 0.233 e. The number of nitrogens with zero attached hydrogens (tertiary/aromatic N) is 1. The molecule has 0 aliphatic carbocycles. The second-order valence-corrected chi connectivity index (χ2v) is 7.84. The van der Waals surface area contributed by atoms with Gasteiger partial charge < -0.3 is 11.1 Å². The van der Waals surface area contributed by atoms with Crippen molar-refractivity contribution in [1.82, 2.24) is 10.2 Å². The smallest absolute Gasteiger partial charge is 0.233 e. The highest BCUT2D eigenvalue weighted by Gasteiger charge is 2.27. The molecule has 1 saturated heterocycles. The van der Waals surface area contributed by atoms with Gasteiger partial charge in [0.2, 0.25) is 11.8 Å². The minimum absolute atomic E-state index is 0.101. The van der Waals surface area contributed by atoms with Crippen molar-refractivity contribution in [2.45, 2.75) is 42.9 Å². The molecule has 0 radical (unpaired) electrons. The number of likely N-dealkylation sites (tertiary alicyclic amines) is 1. The van der Waals surface area contributed by atoms with Crippen LogP contribution in [0.3, 0.4) is 0 Å². The highest BCUT2D eigenvalue weighted by atomic mass is 32.2. The van der Waals surface area contributed by atoms with Crippen LogP contribution in [0.5, 0.6) is 0 Å². The molecule has 1 aromatic carbocycles. The number of nitrogens with two attached hydrogens (primary N) is 1. The van der Waals surface area contributed by atoms with Gasteiger partial charge in [0.05, 0.1) is 11.8 Å². The Labute approximate surface area is 148 Å². The van der Waals surface area contributed by atoms with Gasteiger partial charge in [-0.1, -0.05) is 32.0 Å². The van der Waals surface area contributed by atoms with Gasteiger partial charge in [-0.15, -0.1) is 11.8 Å². The fourth-order valence-electron chi connectivity index (χ4n) is 2.88. The van der Waals surface area contributed by atoms with Gasteiger partial charge in [-0.2, -0.15) is 0 Å². The number of primary amides is 1. The molecule has 24 heavy (non-hydrogen) atoms. The SMILES string of the molecule is CC(C)[C@@H](Sc1ccccc1)C(=O)NC1CCN(CC(N)=O)CC1. The number of amides is 2. The molecule has 2 amide bonds. The summed E-state index contributed by atoms with van der Waals surface area (Å²) in [6.07, 6.45) is 1.72. The van der Waals surface area contributed by atoms with Crippen LogP contribution in [0.2, 0.25) is 0 Å². The summed E-state index contributed by atoms with van der Waals surface area (Å²) in [7, 11) is 0. The summed E-state index contributed by atoms with van der Waals surface area (Å²) in [6, 6.07) is 10.2. The molecular formula is C18H27N3O2S. The topological polar surface area (TPSA) is 75.4 Å². The fraction of sp³-hybridized carbons (Fsp3) is 0.556. The van der Waals surface area contributed by atoms with E-state index in [2.05, 4.69) is 19.2 Å². The summed E-state index contributed by atoms with van der Waals surface area (Å²) in [6.45, 7) is 6.06. The van der Waals surface area contributed by atoms with Gasteiger partial charge in [0, 0.05) is 24.0 Å². The summed E-state index contributed by atoms with van der Waals surface area (Å²) >= 11 is 1.62. The van der Waals surface area contributed by atoms with Crippen LogP contribution in [0.1, 0.15) is 26.7 Å². The quantitative estimate of drug-likeness (QED) is 0.737. The van der Waals surface area contributed by atoms with E-state index in [1.165, 1.54) is 0 Å². The van der Waals surface area contributed by atoms with E-state index in [9.17, 15) is 9.59 Å². The first-order chi connectivity index (χ1) is 11.5. The molecule has 1 aliphatic heterocycles. The number of hydrogen-bond donors (Lipinski definition) is 2. The zero-order valence-electron chi connectivity index (χ0n) is 14.4. The predicted molar refractivity (Wildman–Crippen MR) is 97.7 cm³/mol. The van der Waals surface area contributed by atoms with Crippen molar-refractivity contribution >= 4 is 23.6 Å². The molecule has 5 nitrogen and oxygen atoms in total. The molecule has 0 saturated carbocycles. The van der Waals surface area contributed by atoms with Gasteiger partial charge in [-0.3, -0.25) is 14.5 Å². The number of piperidine rings is 1. The van der Waals surface area contributed by atoms with Crippen LogP contribution in [-0.2, 0) is 9.59 Å². The third kappa shape index (κ3) is 5.83. The van der Waals surface area contributed by atoms with Crippen LogP contribution >= 0.6 is 11.8 Å². The van der Waals surface area contributed by atoms with Gasteiger partial charge in [0.25, 0.3) is 0 Å². The highest BCUT2D eigenvalue weighted by molar-refractivity contribution is 8.00. The standard InChI is InChI=1S/C18H27N3O2S/c1-13(2)17(24-15-6-4-3-5-7-15)18(23)20-14-8-10-21(11-9-14)12-16(19)22/h3-7,13-14,17H,8-12H2,1-2H3,(H2,19,22)(H,20,23)/t17-/m1/s1. The molecule has 1 atom stereocenters. The van der Waals surface area contributed by atoms with E-state index in [0.29, 0.717) is 6.54 Å². The molecule has 1 fully saturated rings. The molecule has 0 bridgehead atoms. The average Bonchev–Trinajstić information content (AvgIpc) is 2.54. The van der Waals surface area contributed by atoms with E-state index in [0.717, 1.165) is 30.8 Å². The Kier molecular flexibility index (Phi) is 7.12. The van der Waals surface area contributed by atoms with Crippen molar-refractivity contribution in [3.63, 3.8) is 0 Å². The molecule has 6 heteroatoms. The Balaban J connectivity index is 1.86. The van der Waals surface area contributed by atoms with Crippen LogP contribution in [-0.4, -0.2) is 47.6 Å². The minimum Gasteiger partial charge on any atom is -0.369 e. The molecule has 0 unspecified atom stereocenters. The summed E-state index contributed by atoms with van der Waals surface area (Å²) < 4.78 is 0. The summed E-state index contributed by atoms with van der Waals surface area (Å²) in [5, 5.41) is 3.09. The lowest BCUT2D eigenvalue weighted by Gasteiger charge is -2.32. The van der Waals surface area contributed by atoms with Gasteiger partial charge in [-0.25, -0.2) is 0 Å². The Hall–Kier alpha value is -1.53. The van der Waals surface area contributed by atoms with Gasteiger partial charge in [0.15, 0.2) is 0 Å². The molecule has 1 aromatic rings. The average molecular weight is 350 g/mol. The summed E-state index contributed by atoms with van der Waals surface area (Å²) in [5.74, 6) is 0.0639. The third-order valence-electron chi connectivity index (χ3n) is 4.18. The number of nitrogens with one attached hydrogen (secondary N) is 1. The van der Waals surface area contributed by atoms with Crippen LogP contribution in [0.15, 0.2) is 35.2 Å². The normalized spacial score (nSPS) is 17.6. The third-order valence-corrected chi connectivity index (χ3v) is 5.74. The van der Waals surface area contributed by atoms with E-state index < -0.39 is 0 Å². The van der Waals surface area contributed by atoms with Gasteiger partial charge >= 0.3 is 0 Å².